The monoisotopic (exact) mass is 711 g/mol. The molecule has 0 radical (unpaired) electrons. The van der Waals surface area contributed by atoms with E-state index in [-0.39, 0.29) is 0 Å². The topological polar surface area (TPSA) is 0 Å². The molecule has 286 valence electrons. The number of hydrogen-bond donors (Lipinski definition) is 0. The first kappa shape index (κ1) is 52.6. The van der Waals surface area contributed by atoms with Gasteiger partial charge in [0.15, 0.2) is 0 Å². The van der Waals surface area contributed by atoms with Gasteiger partial charge in [0.25, 0.3) is 0 Å². The lowest BCUT2D eigenvalue weighted by Gasteiger charge is -2.31. The number of rotatable bonds is 8. The fourth-order valence-corrected chi connectivity index (χ4v) is 6.10. The second kappa shape index (κ2) is 34.3. The predicted molar refractivity (Wildman–Crippen MR) is 246 cm³/mol. The molecule has 0 amide bonds. The van der Waals surface area contributed by atoms with E-state index in [1.54, 1.807) is 0 Å². The number of benzene rings is 2. The van der Waals surface area contributed by atoms with Gasteiger partial charge in [-0.2, -0.15) is 0 Å². The van der Waals surface area contributed by atoms with Gasteiger partial charge in [-0.25, -0.2) is 0 Å². The third-order valence-corrected chi connectivity index (χ3v) is 8.27. The lowest BCUT2D eigenvalue weighted by Crippen LogP contribution is -2.34. The Kier molecular flexibility index (Phi) is 34.0. The first-order valence-corrected chi connectivity index (χ1v) is 19.8. The van der Waals surface area contributed by atoms with Crippen LogP contribution in [-0.2, 0) is 6.42 Å². The van der Waals surface area contributed by atoms with Gasteiger partial charge in [-0.3, -0.25) is 0 Å². The number of fused-ring (bicyclic) bond motifs is 1. The zero-order valence-electron chi connectivity index (χ0n) is 36.0. The van der Waals surface area contributed by atoms with Gasteiger partial charge >= 0.3 is 0 Å². The lowest BCUT2D eigenvalue weighted by molar-refractivity contribution is 0.583. The molecule has 0 N–H and O–H groups in total. The standard InChI is InChI=1S/C41H46.4C2H6.2C2H2/c1-7-9-17-32(5)36-22-15-18-33(6)41(36)39-23-14-16-30(3)24-26-37(38-27-25-31(4)28-40(38)39)35(21-10-8-2)29-34-19-12-11-13-20-34;6*1-2/h7-9,11-22,24-25,27-28,33,41H,2,10,23,26,29H2,1,3-6H3;4*1-2H3;2*1-2H/b9-7-,16-14-,30-24-,32-17+,35-21+,38-37+,40-39+;;;;;;. The molecule has 2 atom stereocenters. The van der Waals surface area contributed by atoms with Crippen molar-refractivity contribution < 1.29 is 0 Å². The van der Waals surface area contributed by atoms with Crippen LogP contribution in [0.15, 0.2) is 144 Å². The SMILES string of the molecule is C#C.C#C.C=CC/C=C(Cc1ccccc1)/C1=c2\ccc(C)c\c2=C(/C2C(/C(C)=C/C=C\C)=CC=CC2C)C/C=C\C(C)=C/C1.CC.CC.CC.CC. The second-order valence-electron chi connectivity index (χ2n) is 11.4. The van der Waals surface area contributed by atoms with Crippen molar-refractivity contribution in [1.82, 2.24) is 0 Å². The average Bonchev–Trinajstić information content (AvgIpc) is 3.23. The van der Waals surface area contributed by atoms with E-state index >= 15 is 0 Å². The highest BCUT2D eigenvalue weighted by molar-refractivity contribution is 5.70. The first-order chi connectivity index (χ1) is 25.9. The molecule has 0 bridgehead atoms. The Hall–Kier alpha value is -4.78. The molecule has 4 rings (SSSR count). The minimum atomic E-state index is 0.311. The molecule has 2 unspecified atom stereocenters. The summed E-state index contributed by atoms with van der Waals surface area (Å²) < 4.78 is 0. The molecule has 0 fully saturated rings. The molecule has 2 aliphatic rings. The van der Waals surface area contributed by atoms with Crippen molar-refractivity contribution in [3.05, 3.63) is 166 Å². The van der Waals surface area contributed by atoms with Crippen molar-refractivity contribution in [2.75, 3.05) is 0 Å². The second-order valence-corrected chi connectivity index (χ2v) is 11.4. The fraction of sp³-hybridized carbons (Fsp3) is 0.358. The average molecular weight is 711 g/mol. The minimum Gasteiger partial charge on any atom is -0.124 e. The summed E-state index contributed by atoms with van der Waals surface area (Å²) in [6.45, 7) is 31.2. The normalized spacial score (nSPS) is 19.7. The maximum Gasteiger partial charge on any atom is 0.0123 e. The molecule has 2 aliphatic carbocycles. The molecule has 0 spiro atoms. The van der Waals surface area contributed by atoms with Gasteiger partial charge in [-0.1, -0.05) is 194 Å². The maximum atomic E-state index is 4.04. The third kappa shape index (κ3) is 18.0. The molecule has 53 heavy (non-hydrogen) atoms. The van der Waals surface area contributed by atoms with Crippen LogP contribution in [0.2, 0.25) is 0 Å². The highest BCUT2D eigenvalue weighted by Crippen LogP contribution is 2.38. The largest absolute Gasteiger partial charge is 0.124 e. The van der Waals surface area contributed by atoms with Crippen molar-refractivity contribution in [1.29, 1.82) is 0 Å². The molecule has 0 heterocycles. The molecule has 0 saturated heterocycles. The van der Waals surface area contributed by atoms with Crippen LogP contribution in [0.3, 0.4) is 0 Å². The van der Waals surface area contributed by atoms with Crippen LogP contribution < -0.4 is 10.4 Å². The Morgan fingerprint density at radius 3 is 2.06 bits per heavy atom. The summed E-state index contributed by atoms with van der Waals surface area (Å²) >= 11 is 0. The van der Waals surface area contributed by atoms with E-state index in [0.717, 1.165) is 25.7 Å². The lowest BCUT2D eigenvalue weighted by atomic mass is 9.73. The van der Waals surface area contributed by atoms with Crippen LogP contribution in [0.25, 0.3) is 11.1 Å². The number of allylic oxidation sites excluding steroid dienone is 15. The van der Waals surface area contributed by atoms with Crippen LogP contribution in [0, 0.1) is 44.5 Å². The van der Waals surface area contributed by atoms with E-state index in [4.69, 9.17) is 0 Å². The molecular formula is C53H74. The highest BCUT2D eigenvalue weighted by Gasteiger charge is 2.27. The van der Waals surface area contributed by atoms with E-state index < -0.39 is 0 Å². The van der Waals surface area contributed by atoms with Gasteiger partial charge in [0.2, 0.25) is 0 Å². The molecule has 2 aromatic rings. The third-order valence-electron chi connectivity index (χ3n) is 8.27. The van der Waals surface area contributed by atoms with E-state index in [0.29, 0.717) is 11.8 Å². The summed E-state index contributed by atoms with van der Waals surface area (Å²) in [5.41, 5.74) is 11.0. The number of hydrogen-bond acceptors (Lipinski definition) is 0. The number of aryl methyl sites for hydroxylation is 1. The van der Waals surface area contributed by atoms with Gasteiger partial charge in [-0.15, -0.1) is 32.3 Å². The summed E-state index contributed by atoms with van der Waals surface area (Å²) in [7, 11) is 0. The summed E-state index contributed by atoms with van der Waals surface area (Å²) in [5, 5.41) is 2.76. The van der Waals surface area contributed by atoms with Gasteiger partial charge < -0.3 is 0 Å². The summed E-state index contributed by atoms with van der Waals surface area (Å²) in [6, 6.07) is 18.0. The zero-order valence-corrected chi connectivity index (χ0v) is 36.0. The van der Waals surface area contributed by atoms with Gasteiger partial charge in [0, 0.05) is 5.92 Å². The molecule has 0 saturated carbocycles. The van der Waals surface area contributed by atoms with E-state index in [2.05, 4.69) is 176 Å². The van der Waals surface area contributed by atoms with Gasteiger partial charge in [0.1, 0.15) is 0 Å². The van der Waals surface area contributed by atoms with Crippen molar-refractivity contribution in [3.8, 4) is 25.7 Å². The minimum absolute atomic E-state index is 0.311. The Bertz CT molecular complexity index is 1660. The van der Waals surface area contributed by atoms with Crippen LogP contribution >= 0.6 is 0 Å². The van der Waals surface area contributed by atoms with Crippen molar-refractivity contribution >= 4 is 11.1 Å². The van der Waals surface area contributed by atoms with Crippen molar-refractivity contribution in [3.63, 3.8) is 0 Å². The molecule has 2 aromatic carbocycles. The fourth-order valence-electron chi connectivity index (χ4n) is 6.10. The van der Waals surface area contributed by atoms with Gasteiger partial charge in [-0.05, 0) is 97.6 Å². The van der Waals surface area contributed by atoms with E-state index in [1.165, 1.54) is 55.0 Å². The molecule has 0 aliphatic heterocycles. The van der Waals surface area contributed by atoms with E-state index in [1.807, 2.05) is 61.5 Å². The summed E-state index contributed by atoms with van der Waals surface area (Å²) in [5.74, 6) is 0.718. The highest BCUT2D eigenvalue weighted by atomic mass is 14.3. The Morgan fingerprint density at radius 2 is 1.47 bits per heavy atom. The zero-order chi connectivity index (χ0) is 41.2. The Morgan fingerprint density at radius 1 is 0.849 bits per heavy atom. The van der Waals surface area contributed by atoms with Crippen LogP contribution in [0.1, 0.15) is 113 Å². The summed E-state index contributed by atoms with van der Waals surface area (Å²) in [6.07, 6.45) is 44.6. The number of terminal acetylenes is 2. The Balaban J connectivity index is -0.00000189. The van der Waals surface area contributed by atoms with Crippen molar-refractivity contribution in [2.24, 2.45) is 11.8 Å². The molecule has 0 nitrogen and oxygen atoms in total. The predicted octanol–water partition coefficient (Wildman–Crippen LogP) is 14.2. The first-order valence-electron chi connectivity index (χ1n) is 19.8. The molecule has 0 aromatic heterocycles. The molecular weight excluding hydrogens is 637 g/mol. The Labute approximate surface area is 329 Å². The van der Waals surface area contributed by atoms with Crippen LogP contribution in [0.5, 0.6) is 0 Å². The van der Waals surface area contributed by atoms with Crippen LogP contribution in [0.4, 0.5) is 0 Å². The van der Waals surface area contributed by atoms with Gasteiger partial charge in [0.05, 0.1) is 0 Å². The van der Waals surface area contributed by atoms with E-state index in [9.17, 15) is 0 Å². The molecule has 0 heteroatoms. The summed E-state index contributed by atoms with van der Waals surface area (Å²) in [4.78, 5) is 0. The van der Waals surface area contributed by atoms with Crippen LogP contribution in [-0.4, -0.2) is 0 Å². The van der Waals surface area contributed by atoms with Crippen molar-refractivity contribution in [2.45, 2.75) is 116 Å². The quantitative estimate of drug-likeness (QED) is 0.145. The smallest absolute Gasteiger partial charge is 0.0123 e. The maximum absolute atomic E-state index is 4.04.